The van der Waals surface area contributed by atoms with Crippen LogP contribution in [0.1, 0.15) is 22.6 Å². The highest BCUT2D eigenvalue weighted by molar-refractivity contribution is 5.92. The number of alkyl halides is 3. The Kier molecular flexibility index (Phi) is 3.85. The number of nitrogens with one attached hydrogen (secondary N) is 1. The van der Waals surface area contributed by atoms with Crippen LogP contribution in [-0.2, 0) is 10.9 Å². The van der Waals surface area contributed by atoms with Gasteiger partial charge in [-0.2, -0.15) is 18.3 Å². The number of aromatic nitrogens is 2. The van der Waals surface area contributed by atoms with Crippen LogP contribution in [0.15, 0.2) is 6.07 Å². The predicted molar refractivity (Wildman–Crippen MR) is 70.3 cm³/mol. The Labute approximate surface area is 125 Å². The van der Waals surface area contributed by atoms with E-state index in [1.807, 2.05) is 12.1 Å². The number of aromatic amines is 1. The maximum absolute atomic E-state index is 12.6. The summed E-state index contributed by atoms with van der Waals surface area (Å²) in [5.74, 6) is -0.486. The Hall–Kier alpha value is -1.61. The average Bonchev–Trinajstić information content (AvgIpc) is 2.95. The summed E-state index contributed by atoms with van der Waals surface area (Å²) in [6, 6.07) is 0.616. The zero-order valence-electron chi connectivity index (χ0n) is 12.1. The molecule has 0 aliphatic carbocycles. The van der Waals surface area contributed by atoms with Crippen LogP contribution in [0.5, 0.6) is 0 Å². The van der Waals surface area contributed by atoms with Crippen LogP contribution < -0.4 is 0 Å². The van der Waals surface area contributed by atoms with E-state index in [2.05, 4.69) is 10.00 Å². The summed E-state index contributed by atoms with van der Waals surface area (Å²) in [5.41, 5.74) is -1.22. The Balaban J connectivity index is 1.80. The molecule has 9 heteroatoms. The minimum atomic E-state index is -4.54. The molecule has 3 rings (SSSR count). The van der Waals surface area contributed by atoms with Crippen LogP contribution in [0.3, 0.4) is 0 Å². The van der Waals surface area contributed by atoms with E-state index in [0.717, 1.165) is 19.0 Å². The fraction of sp³-hybridized carbons (Fsp3) is 0.692. The summed E-state index contributed by atoms with van der Waals surface area (Å²) >= 11 is 0. The van der Waals surface area contributed by atoms with E-state index in [1.165, 1.54) is 0 Å². The number of nitrogens with zero attached hydrogens (tertiary/aromatic N) is 3. The number of amides is 1. The standard InChI is InChI=1S/C13H17F3N4O2/c1-19-3-2-10-9(7-19)20(4-5-22-10)12(21)8-6-11(18-17-8)13(14,15)16/h6,9-10H,2-5,7H2,1H3,(H,17,18)/t9-,10-/m0/s1. The maximum Gasteiger partial charge on any atom is 0.432 e. The first-order valence-corrected chi connectivity index (χ1v) is 7.10. The molecule has 1 amide bonds. The van der Waals surface area contributed by atoms with Gasteiger partial charge in [-0.3, -0.25) is 9.89 Å². The van der Waals surface area contributed by atoms with Crippen molar-refractivity contribution in [3.05, 3.63) is 17.5 Å². The molecule has 0 radical (unpaired) electrons. The molecule has 2 saturated heterocycles. The summed E-state index contributed by atoms with van der Waals surface area (Å²) in [6.07, 6.45) is -3.79. The van der Waals surface area contributed by atoms with E-state index in [9.17, 15) is 18.0 Å². The lowest BCUT2D eigenvalue weighted by Crippen LogP contribution is -2.60. The number of morpholine rings is 1. The van der Waals surface area contributed by atoms with Gasteiger partial charge in [0.15, 0.2) is 5.69 Å². The van der Waals surface area contributed by atoms with Crippen molar-refractivity contribution in [3.63, 3.8) is 0 Å². The second-order valence-electron chi connectivity index (χ2n) is 5.69. The molecule has 2 atom stereocenters. The van der Waals surface area contributed by atoms with Crippen molar-refractivity contribution < 1.29 is 22.7 Å². The number of fused-ring (bicyclic) bond motifs is 1. The van der Waals surface area contributed by atoms with E-state index < -0.39 is 17.8 Å². The van der Waals surface area contributed by atoms with Crippen LogP contribution in [0.2, 0.25) is 0 Å². The lowest BCUT2D eigenvalue weighted by Gasteiger charge is -2.46. The van der Waals surface area contributed by atoms with E-state index >= 15 is 0 Å². The number of hydrogen-bond acceptors (Lipinski definition) is 4. The molecular formula is C13H17F3N4O2. The fourth-order valence-electron chi connectivity index (χ4n) is 3.01. The number of carbonyl (C=O) groups is 1. The second kappa shape index (κ2) is 5.54. The number of hydrogen-bond donors (Lipinski definition) is 1. The quantitative estimate of drug-likeness (QED) is 0.838. The van der Waals surface area contributed by atoms with Crippen molar-refractivity contribution in [1.82, 2.24) is 20.0 Å². The molecule has 0 spiro atoms. The SMILES string of the molecule is CN1CC[C@@H]2OCCN(C(=O)c3cc(C(F)(F)F)[nH]n3)[C@H]2C1. The van der Waals surface area contributed by atoms with Gasteiger partial charge in [-0.15, -0.1) is 0 Å². The molecule has 2 aliphatic rings. The molecule has 1 aromatic rings. The van der Waals surface area contributed by atoms with Gasteiger partial charge in [0.1, 0.15) is 5.69 Å². The van der Waals surface area contributed by atoms with Crippen LogP contribution in [0.25, 0.3) is 0 Å². The molecule has 1 N–H and O–H groups in total. The van der Waals surface area contributed by atoms with Gasteiger partial charge in [0.2, 0.25) is 0 Å². The lowest BCUT2D eigenvalue weighted by atomic mass is 9.99. The van der Waals surface area contributed by atoms with Crippen LogP contribution in [0.4, 0.5) is 13.2 Å². The van der Waals surface area contributed by atoms with Crippen LogP contribution in [-0.4, -0.2) is 71.3 Å². The largest absolute Gasteiger partial charge is 0.432 e. The van der Waals surface area contributed by atoms with Crippen molar-refractivity contribution in [2.75, 3.05) is 33.3 Å². The first-order valence-electron chi connectivity index (χ1n) is 7.10. The molecule has 2 fully saturated rings. The lowest BCUT2D eigenvalue weighted by molar-refractivity contribution is -0.141. The highest BCUT2D eigenvalue weighted by Crippen LogP contribution is 2.29. The monoisotopic (exact) mass is 318 g/mol. The number of carbonyl (C=O) groups excluding carboxylic acids is 1. The highest BCUT2D eigenvalue weighted by atomic mass is 19.4. The normalized spacial score (nSPS) is 26.8. The number of likely N-dealkylation sites (tertiary alicyclic amines) is 1. The van der Waals surface area contributed by atoms with Gasteiger partial charge in [0.05, 0.1) is 18.8 Å². The molecular weight excluding hydrogens is 301 g/mol. The first-order chi connectivity index (χ1) is 10.4. The van der Waals surface area contributed by atoms with Gasteiger partial charge in [0, 0.05) is 25.7 Å². The van der Waals surface area contributed by atoms with Gasteiger partial charge < -0.3 is 14.5 Å². The number of halogens is 3. The average molecular weight is 318 g/mol. The van der Waals surface area contributed by atoms with Crippen LogP contribution in [0, 0.1) is 0 Å². The number of rotatable bonds is 1. The molecule has 3 heterocycles. The Bertz CT molecular complexity index is 560. The van der Waals surface area contributed by atoms with Gasteiger partial charge in [-0.1, -0.05) is 0 Å². The minimum absolute atomic E-state index is 0.0603. The third kappa shape index (κ3) is 2.82. The fourth-order valence-corrected chi connectivity index (χ4v) is 3.01. The molecule has 1 aromatic heterocycles. The summed E-state index contributed by atoms with van der Waals surface area (Å²) in [6.45, 7) is 2.28. The Morgan fingerprint density at radius 1 is 1.45 bits per heavy atom. The van der Waals surface area contributed by atoms with Gasteiger partial charge in [0.25, 0.3) is 5.91 Å². The minimum Gasteiger partial charge on any atom is -0.374 e. The Morgan fingerprint density at radius 3 is 2.91 bits per heavy atom. The Morgan fingerprint density at radius 2 is 2.23 bits per heavy atom. The van der Waals surface area contributed by atoms with Crippen molar-refractivity contribution in [2.24, 2.45) is 0 Å². The summed E-state index contributed by atoms with van der Waals surface area (Å²) < 4.78 is 43.5. The van der Waals surface area contributed by atoms with E-state index in [0.29, 0.717) is 19.7 Å². The number of H-pyrrole nitrogens is 1. The molecule has 0 unspecified atom stereocenters. The number of likely N-dealkylation sites (N-methyl/N-ethyl adjacent to an activating group) is 1. The molecule has 122 valence electrons. The third-order valence-corrected chi connectivity index (χ3v) is 4.15. The molecule has 6 nitrogen and oxygen atoms in total. The van der Waals surface area contributed by atoms with Crippen molar-refractivity contribution in [2.45, 2.75) is 24.7 Å². The second-order valence-corrected chi connectivity index (χ2v) is 5.69. The van der Waals surface area contributed by atoms with Crippen molar-refractivity contribution in [3.8, 4) is 0 Å². The molecule has 0 bridgehead atoms. The molecule has 0 aromatic carbocycles. The van der Waals surface area contributed by atoms with Gasteiger partial charge in [-0.25, -0.2) is 0 Å². The summed E-state index contributed by atoms with van der Waals surface area (Å²) in [4.78, 5) is 16.2. The number of piperidine rings is 1. The molecule has 2 aliphatic heterocycles. The van der Waals surface area contributed by atoms with E-state index in [1.54, 1.807) is 4.90 Å². The summed E-state index contributed by atoms with van der Waals surface area (Å²) in [7, 11) is 1.95. The van der Waals surface area contributed by atoms with E-state index in [4.69, 9.17) is 4.74 Å². The highest BCUT2D eigenvalue weighted by Gasteiger charge is 2.40. The molecule has 22 heavy (non-hydrogen) atoms. The van der Waals surface area contributed by atoms with E-state index in [-0.39, 0.29) is 17.8 Å². The third-order valence-electron chi connectivity index (χ3n) is 4.15. The number of ether oxygens (including phenoxy) is 1. The zero-order chi connectivity index (χ0) is 15.9. The predicted octanol–water partition coefficient (Wildman–Crippen LogP) is 0.974. The topological polar surface area (TPSA) is 61.5 Å². The first kappa shape index (κ1) is 15.3. The van der Waals surface area contributed by atoms with Crippen molar-refractivity contribution >= 4 is 5.91 Å². The maximum atomic E-state index is 12.6. The van der Waals surface area contributed by atoms with Crippen molar-refractivity contribution in [1.29, 1.82) is 0 Å². The van der Waals surface area contributed by atoms with Crippen LogP contribution >= 0.6 is 0 Å². The summed E-state index contributed by atoms with van der Waals surface area (Å²) in [5, 5.41) is 5.41. The van der Waals surface area contributed by atoms with Gasteiger partial charge >= 0.3 is 6.18 Å². The smallest absolute Gasteiger partial charge is 0.374 e. The van der Waals surface area contributed by atoms with Gasteiger partial charge in [-0.05, 0) is 13.5 Å². The zero-order valence-corrected chi connectivity index (χ0v) is 12.1. The molecule has 0 saturated carbocycles.